The van der Waals surface area contributed by atoms with Gasteiger partial charge < -0.3 is 15.8 Å². The molecule has 5 nitrogen and oxygen atoms in total. The second-order valence-corrected chi connectivity index (χ2v) is 2.61. The van der Waals surface area contributed by atoms with Gasteiger partial charge in [-0.1, -0.05) is 6.07 Å². The number of nitrogens with zero attached hydrogens (tertiary/aromatic N) is 1. The summed E-state index contributed by atoms with van der Waals surface area (Å²) in [5, 5.41) is 2.80. The molecule has 1 rings (SSSR count). The molecule has 5 heteroatoms. The van der Waals surface area contributed by atoms with Crippen LogP contribution in [-0.2, 0) is 9.53 Å². The third kappa shape index (κ3) is 3.30. The zero-order valence-electron chi connectivity index (χ0n) is 7.99. The molecule has 0 unspecified atom stereocenters. The van der Waals surface area contributed by atoms with Crippen molar-refractivity contribution in [3.05, 3.63) is 18.2 Å². The van der Waals surface area contributed by atoms with E-state index in [1.165, 1.54) is 0 Å². The van der Waals surface area contributed by atoms with Gasteiger partial charge in [-0.05, 0) is 19.1 Å². The third-order valence-corrected chi connectivity index (χ3v) is 1.49. The topological polar surface area (TPSA) is 77.2 Å². The van der Waals surface area contributed by atoms with Gasteiger partial charge >= 0.3 is 5.97 Å². The molecule has 76 valence electrons. The van der Waals surface area contributed by atoms with Gasteiger partial charge in [0.15, 0.2) is 0 Å². The molecule has 0 radical (unpaired) electrons. The van der Waals surface area contributed by atoms with Crippen LogP contribution >= 0.6 is 0 Å². The summed E-state index contributed by atoms with van der Waals surface area (Å²) in [4.78, 5) is 14.9. The lowest BCUT2D eigenvalue weighted by atomic mass is 10.4. The normalized spacial score (nSPS) is 9.50. The van der Waals surface area contributed by atoms with Crippen LogP contribution in [0.3, 0.4) is 0 Å². The lowest BCUT2D eigenvalue weighted by Crippen LogP contribution is -2.17. The summed E-state index contributed by atoms with van der Waals surface area (Å²) >= 11 is 0. The number of nitrogens with one attached hydrogen (secondary N) is 1. The molecule has 0 saturated carbocycles. The minimum atomic E-state index is -0.309. The Kier molecular flexibility index (Phi) is 3.72. The van der Waals surface area contributed by atoms with E-state index >= 15 is 0 Å². The SMILES string of the molecule is CCOC(=O)CNc1cccc(N)n1. The molecule has 0 bridgehead atoms. The molecule has 0 atom stereocenters. The minimum Gasteiger partial charge on any atom is -0.465 e. The maximum absolute atomic E-state index is 11.0. The highest BCUT2D eigenvalue weighted by Gasteiger charge is 2.01. The summed E-state index contributed by atoms with van der Waals surface area (Å²) in [6, 6.07) is 5.17. The Labute approximate surface area is 82.3 Å². The van der Waals surface area contributed by atoms with Crippen molar-refractivity contribution in [1.82, 2.24) is 4.98 Å². The number of rotatable bonds is 4. The van der Waals surface area contributed by atoms with Crippen molar-refractivity contribution in [3.63, 3.8) is 0 Å². The first-order chi connectivity index (χ1) is 6.72. The van der Waals surface area contributed by atoms with Crippen molar-refractivity contribution < 1.29 is 9.53 Å². The number of hydrogen-bond acceptors (Lipinski definition) is 5. The number of carbonyl (C=O) groups is 1. The zero-order chi connectivity index (χ0) is 10.4. The van der Waals surface area contributed by atoms with E-state index in [1.807, 2.05) is 0 Å². The van der Waals surface area contributed by atoms with Crippen molar-refractivity contribution in [2.75, 3.05) is 24.2 Å². The molecule has 1 aromatic rings. The summed E-state index contributed by atoms with van der Waals surface area (Å²) in [5.41, 5.74) is 5.46. The van der Waals surface area contributed by atoms with Gasteiger partial charge in [0.25, 0.3) is 0 Å². The number of nitrogens with two attached hydrogens (primary N) is 1. The van der Waals surface area contributed by atoms with Gasteiger partial charge in [0.05, 0.1) is 6.61 Å². The predicted octanol–water partition coefficient (Wildman–Crippen LogP) is 0.639. The number of pyridine rings is 1. The first kappa shape index (κ1) is 10.3. The van der Waals surface area contributed by atoms with Crippen LogP contribution in [-0.4, -0.2) is 24.1 Å². The van der Waals surface area contributed by atoms with Gasteiger partial charge in [-0.25, -0.2) is 4.98 Å². The molecule has 3 N–H and O–H groups in total. The average Bonchev–Trinajstić information content (AvgIpc) is 2.15. The van der Waals surface area contributed by atoms with Gasteiger partial charge in [-0.15, -0.1) is 0 Å². The predicted molar refractivity (Wildman–Crippen MR) is 53.8 cm³/mol. The molecule has 1 heterocycles. The lowest BCUT2D eigenvalue weighted by molar-refractivity contribution is -0.140. The van der Waals surface area contributed by atoms with Gasteiger partial charge in [0.2, 0.25) is 0 Å². The minimum absolute atomic E-state index is 0.101. The molecule has 0 fully saturated rings. The van der Waals surface area contributed by atoms with E-state index in [2.05, 4.69) is 10.3 Å². The van der Waals surface area contributed by atoms with Gasteiger partial charge in [0.1, 0.15) is 18.2 Å². The summed E-state index contributed by atoms with van der Waals surface area (Å²) in [5.74, 6) is 0.675. The summed E-state index contributed by atoms with van der Waals surface area (Å²) in [6.07, 6.45) is 0. The highest BCUT2D eigenvalue weighted by Crippen LogP contribution is 2.04. The maximum atomic E-state index is 11.0. The Morgan fingerprint density at radius 1 is 1.64 bits per heavy atom. The van der Waals surface area contributed by atoms with Crippen LogP contribution < -0.4 is 11.1 Å². The molecule has 1 aromatic heterocycles. The zero-order valence-corrected chi connectivity index (χ0v) is 7.99. The molecule has 14 heavy (non-hydrogen) atoms. The monoisotopic (exact) mass is 195 g/mol. The number of nitrogen functional groups attached to an aromatic ring is 1. The van der Waals surface area contributed by atoms with Crippen LogP contribution in [0.5, 0.6) is 0 Å². The maximum Gasteiger partial charge on any atom is 0.325 e. The Morgan fingerprint density at radius 2 is 2.43 bits per heavy atom. The Balaban J connectivity index is 2.41. The van der Waals surface area contributed by atoms with Crippen LogP contribution in [0.2, 0.25) is 0 Å². The van der Waals surface area contributed by atoms with E-state index in [0.29, 0.717) is 18.2 Å². The number of anilines is 2. The fraction of sp³-hybridized carbons (Fsp3) is 0.333. The van der Waals surface area contributed by atoms with Gasteiger partial charge in [0, 0.05) is 0 Å². The lowest BCUT2D eigenvalue weighted by Gasteiger charge is -2.05. The van der Waals surface area contributed by atoms with Crippen molar-refractivity contribution in [3.8, 4) is 0 Å². The smallest absolute Gasteiger partial charge is 0.325 e. The van der Waals surface area contributed by atoms with Crippen LogP contribution in [0.4, 0.5) is 11.6 Å². The molecule has 0 aliphatic heterocycles. The highest BCUT2D eigenvalue weighted by atomic mass is 16.5. The van der Waals surface area contributed by atoms with Crippen molar-refractivity contribution in [1.29, 1.82) is 0 Å². The van der Waals surface area contributed by atoms with E-state index < -0.39 is 0 Å². The molecule has 0 amide bonds. The second kappa shape index (κ2) is 5.06. The van der Waals surface area contributed by atoms with E-state index in [4.69, 9.17) is 10.5 Å². The first-order valence-corrected chi connectivity index (χ1v) is 4.34. The molecule has 0 aromatic carbocycles. The van der Waals surface area contributed by atoms with Gasteiger partial charge in [-0.2, -0.15) is 0 Å². The third-order valence-electron chi connectivity index (χ3n) is 1.49. The second-order valence-electron chi connectivity index (χ2n) is 2.61. The van der Waals surface area contributed by atoms with E-state index in [9.17, 15) is 4.79 Å². The first-order valence-electron chi connectivity index (χ1n) is 4.34. The van der Waals surface area contributed by atoms with Crippen LogP contribution in [0, 0.1) is 0 Å². The molecule has 0 aliphatic carbocycles. The molecule has 0 saturated heterocycles. The number of esters is 1. The molecular formula is C9H13N3O2. The van der Waals surface area contributed by atoms with E-state index in [1.54, 1.807) is 25.1 Å². The van der Waals surface area contributed by atoms with Crippen molar-refractivity contribution >= 4 is 17.6 Å². The Bertz CT molecular complexity index is 315. The van der Waals surface area contributed by atoms with E-state index in [-0.39, 0.29) is 12.5 Å². The van der Waals surface area contributed by atoms with Crippen LogP contribution in [0.1, 0.15) is 6.92 Å². The summed E-state index contributed by atoms with van der Waals surface area (Å²) in [7, 11) is 0. The van der Waals surface area contributed by atoms with Crippen LogP contribution in [0.25, 0.3) is 0 Å². The Morgan fingerprint density at radius 3 is 3.07 bits per heavy atom. The van der Waals surface area contributed by atoms with Crippen molar-refractivity contribution in [2.24, 2.45) is 0 Å². The standard InChI is InChI=1S/C9H13N3O2/c1-2-14-9(13)6-11-8-5-3-4-7(10)12-8/h3-5H,2,6H2,1H3,(H3,10,11,12). The number of carbonyl (C=O) groups excluding carboxylic acids is 1. The molecular weight excluding hydrogens is 182 g/mol. The molecule has 0 spiro atoms. The largest absolute Gasteiger partial charge is 0.465 e. The number of aromatic nitrogens is 1. The molecule has 0 aliphatic rings. The quantitative estimate of drug-likeness (QED) is 0.689. The van der Waals surface area contributed by atoms with Gasteiger partial charge in [-0.3, -0.25) is 4.79 Å². The summed E-state index contributed by atoms with van der Waals surface area (Å²) < 4.78 is 4.73. The Hall–Kier alpha value is -1.78. The number of ether oxygens (including phenoxy) is 1. The van der Waals surface area contributed by atoms with Crippen molar-refractivity contribution in [2.45, 2.75) is 6.92 Å². The number of hydrogen-bond donors (Lipinski definition) is 2. The highest BCUT2D eigenvalue weighted by molar-refractivity contribution is 5.74. The van der Waals surface area contributed by atoms with Crippen LogP contribution in [0.15, 0.2) is 18.2 Å². The average molecular weight is 195 g/mol. The summed E-state index contributed by atoms with van der Waals surface area (Å²) in [6.45, 7) is 2.24. The fourth-order valence-corrected chi connectivity index (χ4v) is 0.925. The van der Waals surface area contributed by atoms with E-state index in [0.717, 1.165) is 0 Å². The fourth-order valence-electron chi connectivity index (χ4n) is 0.925.